The molecule has 0 atom stereocenters. The first kappa shape index (κ1) is 21.7. The number of aryl methyl sites for hydroxylation is 1. The molecule has 0 bridgehead atoms. The summed E-state index contributed by atoms with van der Waals surface area (Å²) < 4.78 is 0. The maximum Gasteiger partial charge on any atom is 0.337 e. The van der Waals surface area contributed by atoms with Crippen molar-refractivity contribution >= 4 is 40.4 Å². The van der Waals surface area contributed by atoms with Gasteiger partial charge in [0.2, 0.25) is 0 Å². The van der Waals surface area contributed by atoms with Crippen LogP contribution in [0.2, 0.25) is 5.02 Å². The van der Waals surface area contributed by atoms with Gasteiger partial charge in [-0.1, -0.05) is 48.0 Å². The van der Waals surface area contributed by atoms with Gasteiger partial charge in [-0.05, 0) is 66.4 Å². The van der Waals surface area contributed by atoms with Gasteiger partial charge in [0.05, 0.1) is 11.3 Å². The van der Waals surface area contributed by atoms with Crippen molar-refractivity contribution in [3.05, 3.63) is 100 Å². The van der Waals surface area contributed by atoms with E-state index >= 15 is 0 Å². The quantitative estimate of drug-likeness (QED) is 0.512. The van der Waals surface area contributed by atoms with Gasteiger partial charge >= 0.3 is 5.97 Å². The number of benzene rings is 3. The van der Waals surface area contributed by atoms with Crippen molar-refractivity contribution in [2.75, 3.05) is 23.3 Å². The summed E-state index contributed by atoms with van der Waals surface area (Å²) in [6.07, 6.45) is 2.99. The number of rotatable bonds is 5. The third-order valence-corrected chi connectivity index (χ3v) is 5.85. The highest BCUT2D eigenvalue weighted by atomic mass is 35.5. The normalized spacial score (nSPS) is 13.4. The predicted molar refractivity (Wildman–Crippen MR) is 129 cm³/mol. The molecule has 1 amide bonds. The SMILES string of the molecule is Cc1ccccc1C1=CCN(c2ccc(NC(=O)c3cccc(Cl)c3)cc2C(=O)O)CC1. The van der Waals surface area contributed by atoms with Crippen LogP contribution in [0, 0.1) is 6.92 Å². The molecule has 0 aliphatic carbocycles. The van der Waals surface area contributed by atoms with Gasteiger partial charge in [0.15, 0.2) is 0 Å². The third-order valence-electron chi connectivity index (χ3n) is 5.61. The average molecular weight is 447 g/mol. The number of aromatic carboxylic acids is 1. The highest BCUT2D eigenvalue weighted by molar-refractivity contribution is 6.31. The molecule has 3 aromatic rings. The summed E-state index contributed by atoms with van der Waals surface area (Å²) in [6.45, 7) is 3.44. The minimum absolute atomic E-state index is 0.154. The molecule has 0 fully saturated rings. The van der Waals surface area contributed by atoms with Crippen molar-refractivity contribution < 1.29 is 14.7 Å². The molecular formula is C26H23ClN2O3. The van der Waals surface area contributed by atoms with Gasteiger partial charge < -0.3 is 15.3 Å². The summed E-state index contributed by atoms with van der Waals surface area (Å²) in [6, 6.07) is 19.9. The number of nitrogens with one attached hydrogen (secondary N) is 1. The second-order valence-corrected chi connectivity index (χ2v) is 8.18. The van der Waals surface area contributed by atoms with E-state index in [0.717, 1.165) is 6.42 Å². The molecule has 162 valence electrons. The monoisotopic (exact) mass is 446 g/mol. The lowest BCUT2D eigenvalue weighted by Crippen LogP contribution is -2.30. The largest absolute Gasteiger partial charge is 0.478 e. The summed E-state index contributed by atoms with van der Waals surface area (Å²) in [5.41, 5.74) is 5.37. The second kappa shape index (κ2) is 9.28. The minimum Gasteiger partial charge on any atom is -0.478 e. The molecule has 3 aromatic carbocycles. The lowest BCUT2D eigenvalue weighted by atomic mass is 9.95. The Labute approximate surface area is 191 Å². The summed E-state index contributed by atoms with van der Waals surface area (Å²) in [4.78, 5) is 26.5. The predicted octanol–water partition coefficient (Wildman–Crippen LogP) is 5.89. The van der Waals surface area contributed by atoms with E-state index in [9.17, 15) is 14.7 Å². The van der Waals surface area contributed by atoms with E-state index in [1.54, 1.807) is 36.4 Å². The van der Waals surface area contributed by atoms with Crippen molar-refractivity contribution in [3.63, 3.8) is 0 Å². The van der Waals surface area contributed by atoms with Crippen LogP contribution in [-0.4, -0.2) is 30.1 Å². The molecule has 6 heteroatoms. The standard InChI is InChI=1S/C26H23ClN2O3/c1-17-5-2-3-8-22(17)18-11-13-29(14-12-18)24-10-9-21(16-23(24)26(31)32)28-25(30)19-6-4-7-20(27)15-19/h2-11,15-16H,12-14H2,1H3,(H,28,30)(H,31,32). The van der Waals surface area contributed by atoms with Gasteiger partial charge in [0.25, 0.3) is 5.91 Å². The molecule has 0 unspecified atom stereocenters. The molecular weight excluding hydrogens is 424 g/mol. The maximum absolute atomic E-state index is 12.5. The molecule has 1 aliphatic heterocycles. The Morgan fingerprint density at radius 3 is 2.53 bits per heavy atom. The zero-order chi connectivity index (χ0) is 22.7. The summed E-state index contributed by atoms with van der Waals surface area (Å²) in [5, 5.41) is 13.0. The molecule has 32 heavy (non-hydrogen) atoms. The Hall–Kier alpha value is -3.57. The number of halogens is 1. The van der Waals surface area contributed by atoms with Crippen LogP contribution in [0.1, 0.15) is 38.3 Å². The minimum atomic E-state index is -1.03. The van der Waals surface area contributed by atoms with Crippen LogP contribution in [0.5, 0.6) is 0 Å². The van der Waals surface area contributed by atoms with E-state index in [-0.39, 0.29) is 11.5 Å². The number of hydrogen-bond donors (Lipinski definition) is 2. The van der Waals surface area contributed by atoms with Gasteiger partial charge in [-0.15, -0.1) is 0 Å². The van der Waals surface area contributed by atoms with Gasteiger partial charge in [0.1, 0.15) is 0 Å². The average Bonchev–Trinajstić information content (AvgIpc) is 2.79. The van der Waals surface area contributed by atoms with Crippen LogP contribution in [0.15, 0.2) is 72.8 Å². The van der Waals surface area contributed by atoms with Gasteiger partial charge in [-0.3, -0.25) is 4.79 Å². The summed E-state index contributed by atoms with van der Waals surface area (Å²) in [5.74, 6) is -1.38. The Balaban J connectivity index is 1.54. The van der Waals surface area contributed by atoms with E-state index in [1.807, 2.05) is 17.0 Å². The molecule has 4 rings (SSSR count). The Morgan fingerprint density at radius 1 is 1.03 bits per heavy atom. The molecule has 1 aliphatic rings. The number of carbonyl (C=O) groups excluding carboxylic acids is 1. The van der Waals surface area contributed by atoms with E-state index in [4.69, 9.17) is 11.6 Å². The number of nitrogens with zero attached hydrogens (tertiary/aromatic N) is 1. The van der Waals surface area contributed by atoms with Crippen LogP contribution >= 0.6 is 11.6 Å². The van der Waals surface area contributed by atoms with Crippen molar-refractivity contribution in [2.24, 2.45) is 0 Å². The van der Waals surface area contributed by atoms with E-state index in [0.29, 0.717) is 35.1 Å². The first-order chi connectivity index (χ1) is 15.4. The summed E-state index contributed by atoms with van der Waals surface area (Å²) in [7, 11) is 0. The number of amides is 1. The molecule has 0 saturated heterocycles. The lowest BCUT2D eigenvalue weighted by molar-refractivity contribution is 0.0697. The van der Waals surface area contributed by atoms with Crippen molar-refractivity contribution in [1.82, 2.24) is 0 Å². The summed E-state index contributed by atoms with van der Waals surface area (Å²) >= 11 is 5.96. The Morgan fingerprint density at radius 2 is 1.84 bits per heavy atom. The number of carboxylic acids is 1. The first-order valence-corrected chi connectivity index (χ1v) is 10.7. The highest BCUT2D eigenvalue weighted by Crippen LogP contribution is 2.31. The number of anilines is 2. The topological polar surface area (TPSA) is 69.6 Å². The molecule has 1 heterocycles. The maximum atomic E-state index is 12.5. The molecule has 0 spiro atoms. The number of carboxylic acid groups (broad SMARTS) is 1. The lowest BCUT2D eigenvalue weighted by Gasteiger charge is -2.30. The zero-order valence-corrected chi connectivity index (χ0v) is 18.4. The second-order valence-electron chi connectivity index (χ2n) is 7.74. The van der Waals surface area contributed by atoms with Gasteiger partial charge in [-0.2, -0.15) is 0 Å². The van der Waals surface area contributed by atoms with Gasteiger partial charge in [0, 0.05) is 29.4 Å². The molecule has 5 nitrogen and oxygen atoms in total. The van der Waals surface area contributed by atoms with E-state index < -0.39 is 5.97 Å². The zero-order valence-electron chi connectivity index (χ0n) is 17.6. The Kier molecular flexibility index (Phi) is 6.28. The number of carbonyl (C=O) groups is 2. The van der Waals surface area contributed by atoms with Crippen LogP contribution in [0.4, 0.5) is 11.4 Å². The van der Waals surface area contributed by atoms with Crippen LogP contribution in [-0.2, 0) is 0 Å². The molecule has 0 radical (unpaired) electrons. The van der Waals surface area contributed by atoms with Crippen LogP contribution in [0.3, 0.4) is 0 Å². The van der Waals surface area contributed by atoms with Crippen molar-refractivity contribution in [1.29, 1.82) is 0 Å². The number of hydrogen-bond acceptors (Lipinski definition) is 3. The molecule has 2 N–H and O–H groups in total. The van der Waals surface area contributed by atoms with Crippen molar-refractivity contribution in [3.8, 4) is 0 Å². The van der Waals surface area contributed by atoms with E-state index in [2.05, 4.69) is 30.4 Å². The Bertz CT molecular complexity index is 1220. The third kappa shape index (κ3) is 4.68. The van der Waals surface area contributed by atoms with Crippen LogP contribution in [0.25, 0.3) is 5.57 Å². The van der Waals surface area contributed by atoms with Crippen molar-refractivity contribution in [2.45, 2.75) is 13.3 Å². The van der Waals surface area contributed by atoms with E-state index in [1.165, 1.54) is 22.8 Å². The first-order valence-electron chi connectivity index (χ1n) is 10.4. The van der Waals surface area contributed by atoms with Crippen LogP contribution < -0.4 is 10.2 Å². The fourth-order valence-corrected chi connectivity index (χ4v) is 4.15. The fourth-order valence-electron chi connectivity index (χ4n) is 3.96. The molecule has 0 aromatic heterocycles. The fraction of sp³-hybridized carbons (Fsp3) is 0.154. The molecule has 0 saturated carbocycles. The highest BCUT2D eigenvalue weighted by Gasteiger charge is 2.20. The smallest absolute Gasteiger partial charge is 0.337 e. The van der Waals surface area contributed by atoms with Gasteiger partial charge in [-0.25, -0.2) is 4.79 Å².